The molecule has 1 atom stereocenters. The van der Waals surface area contributed by atoms with Crippen LogP contribution >= 0.6 is 11.6 Å². The molecule has 2 amide bonds. The molecule has 0 fully saturated rings. The Morgan fingerprint density at radius 1 is 1.37 bits per heavy atom. The molecule has 0 bridgehead atoms. The second kappa shape index (κ2) is 7.63. The number of aliphatic carboxylic acids is 1. The average molecular weight is 285 g/mol. The summed E-state index contributed by atoms with van der Waals surface area (Å²) in [6.07, 6.45) is 1.08. The molecule has 3 N–H and O–H groups in total. The second-order valence-corrected chi connectivity index (χ2v) is 4.51. The van der Waals surface area contributed by atoms with Crippen LogP contribution in [0.2, 0.25) is 5.02 Å². The summed E-state index contributed by atoms with van der Waals surface area (Å²) >= 11 is 5.95. The number of carbonyl (C=O) groups is 2. The van der Waals surface area contributed by atoms with Gasteiger partial charge in [0.2, 0.25) is 0 Å². The summed E-state index contributed by atoms with van der Waals surface area (Å²) < 4.78 is 0. The van der Waals surface area contributed by atoms with Gasteiger partial charge >= 0.3 is 12.0 Å². The zero-order valence-corrected chi connectivity index (χ0v) is 11.4. The number of nitrogens with one attached hydrogen (secondary N) is 2. The van der Waals surface area contributed by atoms with Crippen molar-refractivity contribution in [2.45, 2.75) is 32.4 Å². The van der Waals surface area contributed by atoms with Gasteiger partial charge in [-0.2, -0.15) is 0 Å². The van der Waals surface area contributed by atoms with Crippen molar-refractivity contribution < 1.29 is 14.7 Å². The van der Waals surface area contributed by atoms with E-state index in [-0.39, 0.29) is 6.54 Å². The Kier molecular flexibility index (Phi) is 6.15. The molecule has 0 aromatic heterocycles. The fourth-order valence-corrected chi connectivity index (χ4v) is 1.78. The van der Waals surface area contributed by atoms with Crippen LogP contribution in [0.3, 0.4) is 0 Å². The van der Waals surface area contributed by atoms with Gasteiger partial charge in [0.1, 0.15) is 6.04 Å². The van der Waals surface area contributed by atoms with Gasteiger partial charge in [0.05, 0.1) is 0 Å². The van der Waals surface area contributed by atoms with Crippen molar-refractivity contribution in [2.75, 3.05) is 0 Å². The maximum atomic E-state index is 11.6. The first-order chi connectivity index (χ1) is 9.04. The summed E-state index contributed by atoms with van der Waals surface area (Å²) in [5.74, 6) is -1.03. The molecule has 0 aliphatic carbocycles. The molecule has 0 aliphatic rings. The normalized spacial score (nSPS) is 11.7. The third-order valence-electron chi connectivity index (χ3n) is 2.58. The Bertz CT molecular complexity index is 451. The predicted molar refractivity (Wildman–Crippen MR) is 73.2 cm³/mol. The molecule has 1 aromatic rings. The lowest BCUT2D eigenvalue weighted by molar-refractivity contribution is -0.139. The van der Waals surface area contributed by atoms with Crippen molar-refractivity contribution in [2.24, 2.45) is 0 Å². The van der Waals surface area contributed by atoms with Crippen LogP contribution in [0.5, 0.6) is 0 Å². The van der Waals surface area contributed by atoms with E-state index in [9.17, 15) is 9.59 Å². The van der Waals surface area contributed by atoms with Gasteiger partial charge in [-0.05, 0) is 18.1 Å². The number of halogens is 1. The Hall–Kier alpha value is -1.75. The largest absolute Gasteiger partial charge is 0.480 e. The van der Waals surface area contributed by atoms with Gasteiger partial charge in [0.25, 0.3) is 0 Å². The summed E-state index contributed by atoms with van der Waals surface area (Å²) in [4.78, 5) is 22.5. The summed E-state index contributed by atoms with van der Waals surface area (Å²) in [6, 6.07) is 5.76. The quantitative estimate of drug-likeness (QED) is 0.750. The molecule has 0 saturated carbocycles. The number of carboxylic acids is 1. The highest BCUT2D eigenvalue weighted by molar-refractivity contribution is 6.31. The summed E-state index contributed by atoms with van der Waals surface area (Å²) in [7, 11) is 0. The van der Waals surface area contributed by atoms with Crippen molar-refractivity contribution in [3.63, 3.8) is 0 Å². The fraction of sp³-hybridized carbons (Fsp3) is 0.385. The topological polar surface area (TPSA) is 78.4 Å². The van der Waals surface area contributed by atoms with E-state index < -0.39 is 18.0 Å². The minimum Gasteiger partial charge on any atom is -0.480 e. The standard InChI is InChI=1S/C13H17ClN2O3/c1-2-5-11(12(17)18)16-13(19)15-8-9-6-3-4-7-10(9)14/h3-4,6-7,11H,2,5,8H2,1H3,(H,17,18)(H2,15,16,19)/t11-/m0/s1. The first-order valence-electron chi connectivity index (χ1n) is 6.05. The predicted octanol–water partition coefficient (Wildman–Crippen LogP) is 2.39. The molecule has 0 radical (unpaired) electrons. The number of hydrogen-bond acceptors (Lipinski definition) is 2. The van der Waals surface area contributed by atoms with Gasteiger partial charge in [-0.3, -0.25) is 0 Å². The number of carboxylic acid groups (broad SMARTS) is 1. The van der Waals surface area contributed by atoms with E-state index in [4.69, 9.17) is 16.7 Å². The molecular weight excluding hydrogens is 268 g/mol. The van der Waals surface area contributed by atoms with E-state index >= 15 is 0 Å². The molecule has 104 valence electrons. The van der Waals surface area contributed by atoms with E-state index in [1.807, 2.05) is 13.0 Å². The Morgan fingerprint density at radius 2 is 2.05 bits per heavy atom. The lowest BCUT2D eigenvalue weighted by Crippen LogP contribution is -2.45. The van der Waals surface area contributed by atoms with E-state index in [0.29, 0.717) is 17.9 Å². The zero-order chi connectivity index (χ0) is 14.3. The van der Waals surface area contributed by atoms with Crippen LogP contribution in [0.1, 0.15) is 25.3 Å². The summed E-state index contributed by atoms with van der Waals surface area (Å²) in [6.45, 7) is 2.11. The molecule has 0 heterocycles. The maximum Gasteiger partial charge on any atom is 0.326 e. The van der Waals surface area contributed by atoms with Gasteiger partial charge in [-0.1, -0.05) is 43.1 Å². The fourth-order valence-electron chi connectivity index (χ4n) is 1.57. The summed E-state index contributed by atoms with van der Waals surface area (Å²) in [5.41, 5.74) is 0.779. The first-order valence-corrected chi connectivity index (χ1v) is 6.43. The minimum atomic E-state index is -1.03. The lowest BCUT2D eigenvalue weighted by atomic mass is 10.2. The minimum absolute atomic E-state index is 0.254. The van der Waals surface area contributed by atoms with Crippen molar-refractivity contribution in [3.8, 4) is 0 Å². The van der Waals surface area contributed by atoms with Crippen molar-refractivity contribution in [1.82, 2.24) is 10.6 Å². The van der Waals surface area contributed by atoms with Crippen molar-refractivity contribution in [3.05, 3.63) is 34.9 Å². The molecule has 1 rings (SSSR count). The van der Waals surface area contributed by atoms with E-state index in [2.05, 4.69) is 10.6 Å². The zero-order valence-electron chi connectivity index (χ0n) is 10.6. The monoisotopic (exact) mass is 284 g/mol. The van der Waals surface area contributed by atoms with Gasteiger partial charge in [-0.25, -0.2) is 9.59 Å². The van der Waals surface area contributed by atoms with Crippen molar-refractivity contribution in [1.29, 1.82) is 0 Å². The highest BCUT2D eigenvalue weighted by Crippen LogP contribution is 2.14. The van der Waals surface area contributed by atoms with E-state index in [1.54, 1.807) is 18.2 Å². The Morgan fingerprint density at radius 3 is 2.63 bits per heavy atom. The van der Waals surface area contributed by atoms with Crippen molar-refractivity contribution >= 4 is 23.6 Å². The molecule has 0 saturated heterocycles. The molecule has 1 aromatic carbocycles. The lowest BCUT2D eigenvalue weighted by Gasteiger charge is -2.14. The molecular formula is C13H17ClN2O3. The summed E-state index contributed by atoms with van der Waals surface area (Å²) in [5, 5.41) is 14.5. The molecule has 19 heavy (non-hydrogen) atoms. The van der Waals surface area contributed by atoms with Gasteiger partial charge in [0, 0.05) is 11.6 Å². The average Bonchev–Trinajstić information content (AvgIpc) is 2.37. The van der Waals surface area contributed by atoms with Crippen LogP contribution in [0.4, 0.5) is 4.79 Å². The smallest absolute Gasteiger partial charge is 0.326 e. The highest BCUT2D eigenvalue weighted by atomic mass is 35.5. The number of urea groups is 1. The third-order valence-corrected chi connectivity index (χ3v) is 2.95. The number of amides is 2. The van der Waals surface area contributed by atoms with Crippen LogP contribution in [0, 0.1) is 0 Å². The molecule has 5 nitrogen and oxygen atoms in total. The second-order valence-electron chi connectivity index (χ2n) is 4.10. The number of benzene rings is 1. The molecule has 0 aliphatic heterocycles. The number of carbonyl (C=O) groups excluding carboxylic acids is 1. The van der Waals surface area contributed by atoms with Crippen LogP contribution in [-0.4, -0.2) is 23.1 Å². The van der Waals surface area contributed by atoms with Crippen LogP contribution < -0.4 is 10.6 Å². The highest BCUT2D eigenvalue weighted by Gasteiger charge is 2.18. The Balaban J connectivity index is 2.47. The Labute approximate surface area is 117 Å². The first kappa shape index (κ1) is 15.3. The SMILES string of the molecule is CCC[C@H](NC(=O)NCc1ccccc1Cl)C(=O)O. The maximum absolute atomic E-state index is 11.6. The molecule has 0 unspecified atom stereocenters. The van der Waals surface area contributed by atoms with Gasteiger partial charge in [0.15, 0.2) is 0 Å². The van der Waals surface area contributed by atoms with Crippen LogP contribution in [0.25, 0.3) is 0 Å². The van der Waals surface area contributed by atoms with Gasteiger partial charge in [-0.15, -0.1) is 0 Å². The number of rotatable bonds is 6. The number of hydrogen-bond donors (Lipinski definition) is 3. The van der Waals surface area contributed by atoms with Crippen LogP contribution in [0.15, 0.2) is 24.3 Å². The van der Waals surface area contributed by atoms with E-state index in [1.165, 1.54) is 0 Å². The van der Waals surface area contributed by atoms with Gasteiger partial charge < -0.3 is 15.7 Å². The van der Waals surface area contributed by atoms with E-state index in [0.717, 1.165) is 5.56 Å². The van der Waals surface area contributed by atoms with Crippen LogP contribution in [-0.2, 0) is 11.3 Å². The molecule has 6 heteroatoms. The third kappa shape index (κ3) is 5.18. The molecule has 0 spiro atoms.